The Morgan fingerprint density at radius 2 is 2.12 bits per heavy atom. The lowest BCUT2D eigenvalue weighted by Crippen LogP contribution is -2.32. The second-order valence-electron chi connectivity index (χ2n) is 5.50. The minimum absolute atomic E-state index is 0.252. The van der Waals surface area contributed by atoms with E-state index in [2.05, 4.69) is 4.90 Å². The molecule has 1 heterocycles. The molecule has 1 aliphatic heterocycles. The average Bonchev–Trinajstić information content (AvgIpc) is 3.02. The van der Waals surface area contributed by atoms with Crippen LogP contribution >= 0.6 is 0 Å². The summed E-state index contributed by atoms with van der Waals surface area (Å²) in [7, 11) is 0. The molecule has 1 saturated heterocycles. The molecule has 0 aromatic heterocycles. The van der Waals surface area contributed by atoms with Gasteiger partial charge >= 0.3 is 0 Å². The Bertz CT molecular complexity index is 424. The summed E-state index contributed by atoms with van der Waals surface area (Å²) in [6.45, 7) is 3.45. The van der Waals surface area contributed by atoms with Crippen molar-refractivity contribution in [2.24, 2.45) is 0 Å². The predicted octanol–water partition coefficient (Wildman–Crippen LogP) is 2.19. The number of aryl methyl sites for hydroxylation is 1. The summed E-state index contributed by atoms with van der Waals surface area (Å²) in [6, 6.07) is 5.54. The Kier molecular flexibility index (Phi) is 2.49. The molecule has 17 heavy (non-hydrogen) atoms. The molecule has 1 unspecified atom stereocenters. The van der Waals surface area contributed by atoms with Gasteiger partial charge in [-0.2, -0.15) is 0 Å². The normalized spacial score (nSPS) is 29.8. The lowest BCUT2D eigenvalue weighted by atomic mass is 9.92. The summed E-state index contributed by atoms with van der Waals surface area (Å²) in [6.07, 6.45) is 3.21. The van der Waals surface area contributed by atoms with Gasteiger partial charge in [-0.3, -0.25) is 4.90 Å². The average molecular weight is 235 g/mol. The molecule has 0 bridgehead atoms. The zero-order valence-corrected chi connectivity index (χ0v) is 10.1. The second kappa shape index (κ2) is 3.79. The molecule has 3 heteroatoms. The lowest BCUT2D eigenvalue weighted by molar-refractivity contribution is 0.0448. The molecule has 92 valence electrons. The summed E-state index contributed by atoms with van der Waals surface area (Å²) in [4.78, 5) is 2.33. The van der Waals surface area contributed by atoms with Crippen molar-refractivity contribution >= 4 is 0 Å². The molecule has 3 rings (SSSR count). The Morgan fingerprint density at radius 1 is 1.35 bits per heavy atom. The highest BCUT2D eigenvalue weighted by Crippen LogP contribution is 2.38. The van der Waals surface area contributed by atoms with E-state index in [1.165, 1.54) is 25.0 Å². The maximum Gasteiger partial charge on any atom is 0.123 e. The van der Waals surface area contributed by atoms with Gasteiger partial charge in [-0.15, -0.1) is 0 Å². The monoisotopic (exact) mass is 235 g/mol. The van der Waals surface area contributed by atoms with Crippen LogP contribution in [0.15, 0.2) is 18.2 Å². The summed E-state index contributed by atoms with van der Waals surface area (Å²) in [5, 5.41) is 10.7. The summed E-state index contributed by atoms with van der Waals surface area (Å²) < 4.78 is 13.4. The van der Waals surface area contributed by atoms with Crippen LogP contribution in [0, 0.1) is 12.7 Å². The summed E-state index contributed by atoms with van der Waals surface area (Å²) >= 11 is 0. The number of aliphatic hydroxyl groups is 1. The van der Waals surface area contributed by atoms with E-state index in [1.54, 1.807) is 0 Å². The molecule has 0 amide bonds. The second-order valence-corrected chi connectivity index (χ2v) is 5.50. The van der Waals surface area contributed by atoms with Crippen molar-refractivity contribution in [2.45, 2.75) is 37.8 Å². The van der Waals surface area contributed by atoms with Gasteiger partial charge in [-0.25, -0.2) is 4.39 Å². The van der Waals surface area contributed by atoms with Crippen LogP contribution in [-0.2, 0) is 5.60 Å². The van der Waals surface area contributed by atoms with Crippen molar-refractivity contribution in [1.29, 1.82) is 0 Å². The van der Waals surface area contributed by atoms with Gasteiger partial charge in [-0.05, 0) is 49.4 Å². The Morgan fingerprint density at radius 3 is 2.76 bits per heavy atom. The van der Waals surface area contributed by atoms with Crippen LogP contribution in [0.5, 0.6) is 0 Å². The third-order valence-electron chi connectivity index (χ3n) is 3.92. The van der Waals surface area contributed by atoms with Gasteiger partial charge in [0.2, 0.25) is 0 Å². The van der Waals surface area contributed by atoms with E-state index in [9.17, 15) is 9.50 Å². The van der Waals surface area contributed by atoms with Gasteiger partial charge < -0.3 is 5.11 Å². The molecule has 2 aliphatic rings. The zero-order valence-electron chi connectivity index (χ0n) is 10.1. The fraction of sp³-hybridized carbons (Fsp3) is 0.571. The van der Waals surface area contributed by atoms with Crippen LogP contribution in [0.3, 0.4) is 0 Å². The first-order chi connectivity index (χ1) is 8.07. The first-order valence-corrected chi connectivity index (χ1v) is 6.31. The standard InChI is InChI=1S/C14H18FNO/c1-10-6-11(8-12(15)7-10)14(17)4-5-16(9-14)13-2-3-13/h6-8,13,17H,2-5,9H2,1H3. The number of hydrogen-bond acceptors (Lipinski definition) is 2. The molecule has 2 fully saturated rings. The third kappa shape index (κ3) is 2.09. The fourth-order valence-corrected chi connectivity index (χ4v) is 2.81. The van der Waals surface area contributed by atoms with Crippen LogP contribution in [-0.4, -0.2) is 29.1 Å². The Hall–Kier alpha value is -0.930. The molecule has 1 saturated carbocycles. The van der Waals surface area contributed by atoms with Crippen molar-refractivity contribution in [3.8, 4) is 0 Å². The number of hydrogen-bond donors (Lipinski definition) is 1. The van der Waals surface area contributed by atoms with Crippen molar-refractivity contribution in [1.82, 2.24) is 4.90 Å². The minimum Gasteiger partial charge on any atom is -0.384 e. The smallest absolute Gasteiger partial charge is 0.123 e. The van der Waals surface area contributed by atoms with Gasteiger partial charge in [0.1, 0.15) is 11.4 Å². The largest absolute Gasteiger partial charge is 0.384 e. The molecule has 1 atom stereocenters. The number of nitrogens with zero attached hydrogens (tertiary/aromatic N) is 1. The van der Waals surface area contributed by atoms with E-state index >= 15 is 0 Å². The van der Waals surface area contributed by atoms with Crippen molar-refractivity contribution < 1.29 is 9.50 Å². The first-order valence-electron chi connectivity index (χ1n) is 6.31. The van der Waals surface area contributed by atoms with E-state index in [0.717, 1.165) is 17.7 Å². The maximum atomic E-state index is 13.4. The molecule has 0 radical (unpaired) electrons. The highest BCUT2D eigenvalue weighted by atomic mass is 19.1. The van der Waals surface area contributed by atoms with Crippen LogP contribution in [0.4, 0.5) is 4.39 Å². The fourth-order valence-electron chi connectivity index (χ4n) is 2.81. The van der Waals surface area contributed by atoms with Gasteiger partial charge in [0.05, 0.1) is 0 Å². The van der Waals surface area contributed by atoms with Crippen LogP contribution < -0.4 is 0 Å². The van der Waals surface area contributed by atoms with E-state index in [4.69, 9.17) is 0 Å². The minimum atomic E-state index is -0.852. The van der Waals surface area contributed by atoms with Crippen molar-refractivity contribution in [3.63, 3.8) is 0 Å². The lowest BCUT2D eigenvalue weighted by Gasteiger charge is -2.24. The number of benzene rings is 1. The highest BCUT2D eigenvalue weighted by molar-refractivity contribution is 5.30. The molecular formula is C14H18FNO. The molecule has 1 aromatic carbocycles. The van der Waals surface area contributed by atoms with Gasteiger partial charge in [0, 0.05) is 19.1 Å². The van der Waals surface area contributed by atoms with Crippen LogP contribution in [0.1, 0.15) is 30.4 Å². The van der Waals surface area contributed by atoms with E-state index in [-0.39, 0.29) is 5.82 Å². The summed E-state index contributed by atoms with van der Waals surface area (Å²) in [5.74, 6) is -0.252. The number of likely N-dealkylation sites (tertiary alicyclic amines) is 1. The SMILES string of the molecule is Cc1cc(F)cc(C2(O)CCN(C3CC3)C2)c1. The van der Waals surface area contributed by atoms with Crippen LogP contribution in [0.25, 0.3) is 0 Å². The van der Waals surface area contributed by atoms with Gasteiger partial charge in [-0.1, -0.05) is 6.07 Å². The molecule has 1 N–H and O–H groups in total. The van der Waals surface area contributed by atoms with E-state index in [1.807, 2.05) is 13.0 Å². The predicted molar refractivity (Wildman–Crippen MR) is 64.2 cm³/mol. The van der Waals surface area contributed by atoms with Gasteiger partial charge in [0.25, 0.3) is 0 Å². The molecule has 2 nitrogen and oxygen atoms in total. The molecular weight excluding hydrogens is 217 g/mol. The molecule has 0 spiro atoms. The summed E-state index contributed by atoms with van der Waals surface area (Å²) in [5.41, 5.74) is 0.756. The Labute approximate surface area is 101 Å². The molecule has 1 aliphatic carbocycles. The first kappa shape index (κ1) is 11.2. The van der Waals surface area contributed by atoms with Crippen molar-refractivity contribution in [2.75, 3.05) is 13.1 Å². The topological polar surface area (TPSA) is 23.5 Å². The maximum absolute atomic E-state index is 13.4. The van der Waals surface area contributed by atoms with E-state index < -0.39 is 5.60 Å². The Balaban J connectivity index is 1.86. The van der Waals surface area contributed by atoms with Crippen molar-refractivity contribution in [3.05, 3.63) is 35.1 Å². The van der Waals surface area contributed by atoms with E-state index in [0.29, 0.717) is 19.0 Å². The number of halogens is 1. The zero-order chi connectivity index (χ0) is 12.0. The highest BCUT2D eigenvalue weighted by Gasteiger charge is 2.43. The quantitative estimate of drug-likeness (QED) is 0.849. The number of rotatable bonds is 2. The van der Waals surface area contributed by atoms with Crippen LogP contribution in [0.2, 0.25) is 0 Å². The third-order valence-corrected chi connectivity index (χ3v) is 3.92. The van der Waals surface area contributed by atoms with Gasteiger partial charge in [0.15, 0.2) is 0 Å². The molecule has 1 aromatic rings. The number of β-amino-alcohol motifs (C(OH)–C–C–N with tert-alkyl or cyclic N) is 1.